The van der Waals surface area contributed by atoms with E-state index < -0.39 is 0 Å². The molecule has 1 aromatic carbocycles. The quantitative estimate of drug-likeness (QED) is 0.556. The van der Waals surface area contributed by atoms with Crippen LogP contribution in [0.4, 0.5) is 11.4 Å². The van der Waals surface area contributed by atoms with Gasteiger partial charge in [-0.05, 0) is 24.6 Å². The summed E-state index contributed by atoms with van der Waals surface area (Å²) in [5.74, 6) is 0.643. The van der Waals surface area contributed by atoms with E-state index in [1.165, 1.54) is 6.92 Å². The van der Waals surface area contributed by atoms with E-state index in [2.05, 4.69) is 22.2 Å². The van der Waals surface area contributed by atoms with Gasteiger partial charge >= 0.3 is 0 Å². The third-order valence-electron chi connectivity index (χ3n) is 2.75. The lowest BCUT2D eigenvalue weighted by Gasteiger charge is -2.12. The summed E-state index contributed by atoms with van der Waals surface area (Å²) >= 11 is 0. The number of carbonyl (C=O) groups is 1. The number of guanidine groups is 1. The Morgan fingerprint density at radius 1 is 1.61 bits per heavy atom. The number of rotatable bonds is 3. The SMILES string of the molecule is C=Cc1cc(NC2=NCCN2)cc(C(C)=O)c1N. The van der Waals surface area contributed by atoms with Gasteiger partial charge in [-0.2, -0.15) is 0 Å². The second kappa shape index (κ2) is 4.91. The van der Waals surface area contributed by atoms with E-state index >= 15 is 0 Å². The molecule has 94 valence electrons. The molecule has 18 heavy (non-hydrogen) atoms. The van der Waals surface area contributed by atoms with Crippen LogP contribution in [0.3, 0.4) is 0 Å². The van der Waals surface area contributed by atoms with Crippen molar-refractivity contribution in [3.05, 3.63) is 29.8 Å². The van der Waals surface area contributed by atoms with Crippen molar-refractivity contribution in [2.45, 2.75) is 6.92 Å². The molecule has 2 rings (SSSR count). The van der Waals surface area contributed by atoms with Crippen molar-refractivity contribution >= 4 is 29.2 Å². The molecule has 0 spiro atoms. The first kappa shape index (κ1) is 12.2. The van der Waals surface area contributed by atoms with Crippen molar-refractivity contribution in [3.63, 3.8) is 0 Å². The summed E-state index contributed by atoms with van der Waals surface area (Å²) in [6.07, 6.45) is 1.64. The normalized spacial score (nSPS) is 13.7. The lowest BCUT2D eigenvalue weighted by molar-refractivity contribution is 0.101. The monoisotopic (exact) mass is 244 g/mol. The van der Waals surface area contributed by atoms with Gasteiger partial charge in [-0.3, -0.25) is 9.79 Å². The molecule has 1 heterocycles. The Morgan fingerprint density at radius 2 is 2.39 bits per heavy atom. The molecule has 0 aromatic heterocycles. The van der Waals surface area contributed by atoms with Crippen LogP contribution in [-0.2, 0) is 0 Å². The van der Waals surface area contributed by atoms with E-state index in [-0.39, 0.29) is 5.78 Å². The summed E-state index contributed by atoms with van der Waals surface area (Å²) in [6.45, 7) is 6.77. The van der Waals surface area contributed by atoms with E-state index in [4.69, 9.17) is 5.73 Å². The number of anilines is 2. The highest BCUT2D eigenvalue weighted by Crippen LogP contribution is 2.25. The first-order chi connectivity index (χ1) is 8.61. The highest BCUT2D eigenvalue weighted by atomic mass is 16.1. The molecule has 0 amide bonds. The molecule has 0 fully saturated rings. The van der Waals surface area contributed by atoms with Gasteiger partial charge in [0, 0.05) is 23.5 Å². The van der Waals surface area contributed by atoms with Gasteiger partial charge in [-0.1, -0.05) is 12.7 Å². The maximum atomic E-state index is 11.5. The van der Waals surface area contributed by atoms with Crippen molar-refractivity contribution in [2.75, 3.05) is 24.1 Å². The molecule has 0 atom stereocenters. The van der Waals surface area contributed by atoms with Crippen molar-refractivity contribution in [3.8, 4) is 0 Å². The molecule has 5 nitrogen and oxygen atoms in total. The largest absolute Gasteiger partial charge is 0.398 e. The predicted molar refractivity (Wildman–Crippen MR) is 74.9 cm³/mol. The minimum atomic E-state index is -0.0689. The van der Waals surface area contributed by atoms with Gasteiger partial charge in [-0.25, -0.2) is 0 Å². The molecule has 5 heteroatoms. The Morgan fingerprint density at radius 3 is 2.94 bits per heavy atom. The molecule has 0 unspecified atom stereocenters. The van der Waals surface area contributed by atoms with Crippen LogP contribution in [0.5, 0.6) is 0 Å². The maximum absolute atomic E-state index is 11.5. The Hall–Kier alpha value is -2.30. The number of carbonyl (C=O) groups excluding carboxylic acids is 1. The van der Waals surface area contributed by atoms with Crippen molar-refractivity contribution in [1.82, 2.24) is 5.32 Å². The summed E-state index contributed by atoms with van der Waals surface area (Å²) < 4.78 is 0. The molecule has 1 aromatic rings. The first-order valence-electron chi connectivity index (χ1n) is 5.74. The van der Waals surface area contributed by atoms with Gasteiger partial charge in [0.1, 0.15) is 0 Å². The Labute approximate surface area is 106 Å². The number of aliphatic imine (C=N–C) groups is 1. The molecule has 0 radical (unpaired) electrons. The zero-order valence-corrected chi connectivity index (χ0v) is 10.3. The van der Waals surface area contributed by atoms with Gasteiger partial charge in [0.2, 0.25) is 0 Å². The third-order valence-corrected chi connectivity index (χ3v) is 2.75. The van der Waals surface area contributed by atoms with Gasteiger partial charge < -0.3 is 16.4 Å². The molecular weight excluding hydrogens is 228 g/mol. The maximum Gasteiger partial charge on any atom is 0.195 e. The molecule has 0 saturated carbocycles. The van der Waals surface area contributed by atoms with Crippen LogP contribution in [0, 0.1) is 0 Å². The van der Waals surface area contributed by atoms with Gasteiger partial charge in [0.25, 0.3) is 0 Å². The molecular formula is C13H16N4O. The van der Waals surface area contributed by atoms with Crippen molar-refractivity contribution in [2.24, 2.45) is 4.99 Å². The van der Waals surface area contributed by atoms with Gasteiger partial charge in [0.05, 0.1) is 6.54 Å². The fourth-order valence-corrected chi connectivity index (χ4v) is 1.83. The summed E-state index contributed by atoms with van der Waals surface area (Å²) in [7, 11) is 0. The van der Waals surface area contributed by atoms with Crippen molar-refractivity contribution < 1.29 is 4.79 Å². The average Bonchev–Trinajstić information content (AvgIpc) is 2.83. The highest BCUT2D eigenvalue weighted by Gasteiger charge is 2.12. The van der Waals surface area contributed by atoms with Crippen LogP contribution in [-0.4, -0.2) is 24.8 Å². The molecule has 4 N–H and O–H groups in total. The summed E-state index contributed by atoms with van der Waals surface area (Å²) in [5.41, 5.74) is 8.38. The molecule has 0 saturated heterocycles. The molecule has 1 aliphatic heterocycles. The number of ketones is 1. The van der Waals surface area contributed by atoms with Crippen LogP contribution < -0.4 is 16.4 Å². The number of hydrogen-bond donors (Lipinski definition) is 3. The predicted octanol–water partition coefficient (Wildman–Crippen LogP) is 1.49. The molecule has 0 bridgehead atoms. The van der Waals surface area contributed by atoms with Crippen LogP contribution >= 0.6 is 0 Å². The third kappa shape index (κ3) is 2.34. The van der Waals surface area contributed by atoms with E-state index in [1.54, 1.807) is 12.1 Å². The second-order valence-electron chi connectivity index (χ2n) is 4.07. The number of nitrogens with zero attached hydrogens (tertiary/aromatic N) is 1. The van der Waals surface area contributed by atoms with E-state index in [0.717, 1.165) is 24.3 Å². The number of benzene rings is 1. The van der Waals surface area contributed by atoms with E-state index in [9.17, 15) is 4.79 Å². The van der Waals surface area contributed by atoms with Crippen LogP contribution in [0.15, 0.2) is 23.7 Å². The average molecular weight is 244 g/mol. The minimum Gasteiger partial charge on any atom is -0.398 e. The lowest BCUT2D eigenvalue weighted by Crippen LogP contribution is -2.26. The summed E-state index contributed by atoms with van der Waals surface area (Å²) in [4.78, 5) is 15.8. The van der Waals surface area contributed by atoms with Crippen molar-refractivity contribution in [1.29, 1.82) is 0 Å². The number of nitrogen functional groups attached to an aromatic ring is 1. The fourth-order valence-electron chi connectivity index (χ4n) is 1.83. The smallest absolute Gasteiger partial charge is 0.195 e. The van der Waals surface area contributed by atoms with E-state index in [0.29, 0.717) is 17.2 Å². The van der Waals surface area contributed by atoms with Crippen LogP contribution in [0.2, 0.25) is 0 Å². The molecule has 1 aliphatic rings. The number of hydrogen-bond acceptors (Lipinski definition) is 5. The zero-order chi connectivity index (χ0) is 13.1. The first-order valence-corrected chi connectivity index (χ1v) is 5.74. The number of nitrogens with two attached hydrogens (primary N) is 1. The number of nitrogens with one attached hydrogen (secondary N) is 2. The summed E-state index contributed by atoms with van der Waals surface area (Å²) in [5, 5.41) is 6.22. The van der Waals surface area contributed by atoms with E-state index in [1.807, 2.05) is 6.07 Å². The number of Topliss-reactive ketones (excluding diaryl/α,β-unsaturated/α-hetero) is 1. The minimum absolute atomic E-state index is 0.0689. The second-order valence-corrected chi connectivity index (χ2v) is 4.07. The lowest BCUT2D eigenvalue weighted by atomic mass is 10.0. The van der Waals surface area contributed by atoms with Gasteiger partial charge in [-0.15, -0.1) is 0 Å². The topological polar surface area (TPSA) is 79.5 Å². The van der Waals surface area contributed by atoms with Gasteiger partial charge in [0.15, 0.2) is 11.7 Å². The van der Waals surface area contributed by atoms with Crippen LogP contribution in [0.1, 0.15) is 22.8 Å². The fraction of sp³-hybridized carbons (Fsp3) is 0.231. The highest BCUT2D eigenvalue weighted by molar-refractivity contribution is 6.03. The Bertz CT molecular complexity index is 534. The standard InChI is InChI=1S/C13H16N4O/c1-3-9-6-10(17-13-15-4-5-16-13)7-11(8(2)18)12(9)14/h3,6-7H,1,4-5,14H2,2H3,(H2,15,16,17). The summed E-state index contributed by atoms with van der Waals surface area (Å²) in [6, 6.07) is 3.57. The Balaban J connectivity index is 2.38. The Kier molecular flexibility index (Phi) is 3.32. The zero-order valence-electron chi connectivity index (χ0n) is 10.3. The molecule has 0 aliphatic carbocycles. The van der Waals surface area contributed by atoms with Crippen LogP contribution in [0.25, 0.3) is 6.08 Å².